The number of guanidine groups is 1. The van der Waals surface area contributed by atoms with Crippen molar-refractivity contribution < 1.29 is 4.79 Å². The average Bonchev–Trinajstić information content (AvgIpc) is 2.86. The highest BCUT2D eigenvalue weighted by atomic mass is 16.2. The van der Waals surface area contributed by atoms with E-state index >= 15 is 0 Å². The number of amides is 1. The minimum atomic E-state index is 0.113. The van der Waals surface area contributed by atoms with Crippen LogP contribution >= 0.6 is 0 Å². The van der Waals surface area contributed by atoms with Crippen LogP contribution < -0.4 is 11.1 Å². The summed E-state index contributed by atoms with van der Waals surface area (Å²) in [5.74, 6) is 0.633. The summed E-state index contributed by atoms with van der Waals surface area (Å²) in [7, 11) is 0. The summed E-state index contributed by atoms with van der Waals surface area (Å²) in [5, 5.41) is 3.35. The molecule has 1 aliphatic heterocycles. The van der Waals surface area contributed by atoms with Gasteiger partial charge in [-0.3, -0.25) is 9.79 Å². The Morgan fingerprint density at radius 3 is 2.75 bits per heavy atom. The second kappa shape index (κ2) is 8.18. The number of carbonyl (C=O) groups excluding carboxylic acids is 1. The van der Waals surface area contributed by atoms with Crippen molar-refractivity contribution in [2.24, 2.45) is 10.7 Å². The Bertz CT molecular complexity index is 591. The van der Waals surface area contributed by atoms with Crippen molar-refractivity contribution in [3.8, 4) is 0 Å². The second-order valence-electron chi connectivity index (χ2n) is 6.80. The van der Waals surface area contributed by atoms with Gasteiger partial charge in [-0.2, -0.15) is 0 Å². The van der Waals surface area contributed by atoms with Crippen LogP contribution in [-0.2, 0) is 6.42 Å². The molecular weight excluding hydrogens is 300 g/mol. The van der Waals surface area contributed by atoms with Crippen LogP contribution in [0.2, 0.25) is 0 Å². The van der Waals surface area contributed by atoms with E-state index in [0.717, 1.165) is 24.1 Å². The number of fused-ring (bicyclic) bond motifs is 1. The summed E-state index contributed by atoms with van der Waals surface area (Å²) in [6, 6.07) is 8.32. The minimum absolute atomic E-state index is 0.113. The first-order chi connectivity index (χ1) is 11.7. The van der Waals surface area contributed by atoms with E-state index in [2.05, 4.69) is 10.3 Å². The smallest absolute Gasteiger partial charge is 0.254 e. The topological polar surface area (TPSA) is 70.7 Å². The summed E-state index contributed by atoms with van der Waals surface area (Å²) in [5.41, 5.74) is 8.00. The number of nitrogens with zero attached hydrogens (tertiary/aromatic N) is 2. The Hall–Kier alpha value is -2.04. The van der Waals surface area contributed by atoms with Crippen LogP contribution in [0.25, 0.3) is 0 Å². The number of benzene rings is 1. The normalized spacial score (nSPS) is 19.8. The zero-order valence-electron chi connectivity index (χ0n) is 14.3. The number of rotatable bonds is 4. The monoisotopic (exact) mass is 328 g/mol. The van der Waals surface area contributed by atoms with Crippen molar-refractivity contribution in [3.05, 3.63) is 35.4 Å². The van der Waals surface area contributed by atoms with Gasteiger partial charge in [-0.25, -0.2) is 0 Å². The van der Waals surface area contributed by atoms with Gasteiger partial charge in [-0.1, -0.05) is 43.9 Å². The molecular formula is C19H28N4O. The molecule has 0 saturated heterocycles. The standard InChI is InChI=1S/C19H28N4O/c20-19(22-16-8-3-1-2-4-9-16)21-12-14-23-13-11-15-7-5-6-10-17(15)18(23)24/h5-7,10,16H,1-4,8-9,11-14H2,(H3,20,21,22). The van der Waals surface area contributed by atoms with Crippen LogP contribution in [0.4, 0.5) is 0 Å². The molecule has 0 radical (unpaired) electrons. The Kier molecular flexibility index (Phi) is 5.72. The van der Waals surface area contributed by atoms with Gasteiger partial charge < -0.3 is 16.0 Å². The Morgan fingerprint density at radius 1 is 1.21 bits per heavy atom. The van der Waals surface area contributed by atoms with Crippen LogP contribution in [0.5, 0.6) is 0 Å². The van der Waals surface area contributed by atoms with Gasteiger partial charge in [0.2, 0.25) is 0 Å². The van der Waals surface area contributed by atoms with Gasteiger partial charge in [0.05, 0.1) is 6.54 Å². The van der Waals surface area contributed by atoms with Gasteiger partial charge in [0.25, 0.3) is 5.91 Å². The number of carbonyl (C=O) groups is 1. The number of nitrogens with two attached hydrogens (primary N) is 1. The van der Waals surface area contributed by atoms with Crippen LogP contribution in [-0.4, -0.2) is 42.4 Å². The van der Waals surface area contributed by atoms with E-state index in [0.29, 0.717) is 25.1 Å². The third-order valence-electron chi connectivity index (χ3n) is 5.05. The highest BCUT2D eigenvalue weighted by molar-refractivity contribution is 5.96. The predicted octanol–water partition coefficient (Wildman–Crippen LogP) is 2.31. The molecule has 1 saturated carbocycles. The molecule has 0 unspecified atom stereocenters. The third-order valence-corrected chi connectivity index (χ3v) is 5.05. The lowest BCUT2D eigenvalue weighted by molar-refractivity contribution is 0.0745. The van der Waals surface area contributed by atoms with Crippen molar-refractivity contribution in [1.82, 2.24) is 10.2 Å². The molecule has 3 N–H and O–H groups in total. The van der Waals surface area contributed by atoms with Crippen LogP contribution in [0.1, 0.15) is 54.4 Å². The summed E-state index contributed by atoms with van der Waals surface area (Å²) in [6.07, 6.45) is 8.47. The summed E-state index contributed by atoms with van der Waals surface area (Å²) >= 11 is 0. The molecule has 0 spiro atoms. The minimum Gasteiger partial charge on any atom is -0.370 e. The Morgan fingerprint density at radius 2 is 1.96 bits per heavy atom. The van der Waals surface area contributed by atoms with Gasteiger partial charge in [0, 0.05) is 24.7 Å². The maximum atomic E-state index is 12.5. The lowest BCUT2D eigenvalue weighted by Gasteiger charge is -2.28. The van der Waals surface area contributed by atoms with Crippen molar-refractivity contribution in [3.63, 3.8) is 0 Å². The van der Waals surface area contributed by atoms with Gasteiger partial charge in [-0.15, -0.1) is 0 Å². The molecule has 24 heavy (non-hydrogen) atoms. The van der Waals surface area contributed by atoms with Crippen LogP contribution in [0, 0.1) is 0 Å². The summed E-state index contributed by atoms with van der Waals surface area (Å²) < 4.78 is 0. The molecule has 0 aromatic heterocycles. The maximum absolute atomic E-state index is 12.5. The third kappa shape index (κ3) is 4.28. The van der Waals surface area contributed by atoms with Crippen LogP contribution in [0.3, 0.4) is 0 Å². The molecule has 1 amide bonds. The van der Waals surface area contributed by atoms with E-state index < -0.39 is 0 Å². The first-order valence-electron chi connectivity index (χ1n) is 9.17. The number of nitrogens with one attached hydrogen (secondary N) is 1. The van der Waals surface area contributed by atoms with Gasteiger partial charge in [-0.05, 0) is 30.9 Å². The largest absolute Gasteiger partial charge is 0.370 e. The van der Waals surface area contributed by atoms with Crippen molar-refractivity contribution in [2.75, 3.05) is 19.6 Å². The highest BCUT2D eigenvalue weighted by Gasteiger charge is 2.23. The molecule has 3 rings (SSSR count). The molecule has 5 heteroatoms. The molecule has 1 aromatic carbocycles. The molecule has 0 atom stereocenters. The van der Waals surface area contributed by atoms with Gasteiger partial charge >= 0.3 is 0 Å². The predicted molar refractivity (Wildman–Crippen MR) is 97.2 cm³/mol. The molecule has 2 aliphatic rings. The molecule has 1 fully saturated rings. The van der Waals surface area contributed by atoms with E-state index in [-0.39, 0.29) is 5.91 Å². The fourth-order valence-electron chi connectivity index (χ4n) is 3.66. The number of hydrogen-bond acceptors (Lipinski definition) is 2. The number of hydrogen-bond donors (Lipinski definition) is 2. The zero-order chi connectivity index (χ0) is 16.8. The van der Waals surface area contributed by atoms with Crippen molar-refractivity contribution >= 4 is 11.9 Å². The molecule has 0 bridgehead atoms. The SMILES string of the molecule is NC(=NCCN1CCc2ccccc2C1=O)NC1CCCCCC1. The van der Waals surface area contributed by atoms with Crippen molar-refractivity contribution in [1.29, 1.82) is 0 Å². The zero-order valence-corrected chi connectivity index (χ0v) is 14.3. The van der Waals surface area contributed by atoms with E-state index in [1.165, 1.54) is 38.5 Å². The quantitative estimate of drug-likeness (QED) is 0.506. The van der Waals surface area contributed by atoms with Gasteiger partial charge in [0.1, 0.15) is 0 Å². The van der Waals surface area contributed by atoms with E-state index in [1.54, 1.807) is 0 Å². The molecule has 1 aliphatic carbocycles. The number of aliphatic imine (C=N–C) groups is 1. The van der Waals surface area contributed by atoms with E-state index in [4.69, 9.17) is 5.73 Å². The van der Waals surface area contributed by atoms with Crippen molar-refractivity contribution in [2.45, 2.75) is 51.0 Å². The first kappa shape index (κ1) is 16.8. The Labute approximate surface area is 144 Å². The fraction of sp³-hybridized carbons (Fsp3) is 0.579. The van der Waals surface area contributed by atoms with Gasteiger partial charge in [0.15, 0.2) is 5.96 Å². The molecule has 5 nitrogen and oxygen atoms in total. The molecule has 1 aromatic rings. The average molecular weight is 328 g/mol. The molecule has 1 heterocycles. The highest BCUT2D eigenvalue weighted by Crippen LogP contribution is 2.18. The molecule has 130 valence electrons. The van der Waals surface area contributed by atoms with E-state index in [9.17, 15) is 4.79 Å². The second-order valence-corrected chi connectivity index (χ2v) is 6.80. The van der Waals surface area contributed by atoms with E-state index in [1.807, 2.05) is 29.2 Å². The summed E-state index contributed by atoms with van der Waals surface area (Å²) in [4.78, 5) is 18.8. The Balaban J connectivity index is 1.48. The fourth-order valence-corrected chi connectivity index (χ4v) is 3.66. The first-order valence-corrected chi connectivity index (χ1v) is 9.17. The maximum Gasteiger partial charge on any atom is 0.254 e. The van der Waals surface area contributed by atoms with Crippen LogP contribution in [0.15, 0.2) is 29.3 Å². The lowest BCUT2D eigenvalue weighted by Crippen LogP contribution is -2.41. The lowest BCUT2D eigenvalue weighted by atomic mass is 9.99. The summed E-state index contributed by atoms with van der Waals surface area (Å²) in [6.45, 7) is 1.95.